The maximum Gasteiger partial charge on any atom is 0.325 e. The van der Waals surface area contributed by atoms with E-state index in [2.05, 4.69) is 5.32 Å². The summed E-state index contributed by atoms with van der Waals surface area (Å²) in [5.74, 6) is -0.534. The Balaban J connectivity index is 2.58. The molecule has 1 aromatic rings. The highest BCUT2D eigenvalue weighted by atomic mass is 31.2. The summed E-state index contributed by atoms with van der Waals surface area (Å²) in [6, 6.07) is 6.60. The number of hydrogen-bond acceptors (Lipinski definition) is 3. The van der Waals surface area contributed by atoms with Crippen LogP contribution in [0.2, 0.25) is 0 Å². The zero-order valence-electron chi connectivity index (χ0n) is 10.5. The molecular formula is C12H16NO5P. The lowest BCUT2D eigenvalue weighted by molar-refractivity contribution is -0.116. The monoisotopic (exact) mass is 285 g/mol. The summed E-state index contributed by atoms with van der Waals surface area (Å²) < 4.78 is 10.6. The van der Waals surface area contributed by atoms with Gasteiger partial charge in [-0.3, -0.25) is 14.2 Å². The molecule has 0 unspecified atom stereocenters. The van der Waals surface area contributed by atoms with Crippen LogP contribution in [-0.2, 0) is 9.36 Å². The Kier molecular flexibility index (Phi) is 5.42. The number of rotatable bonds is 6. The summed E-state index contributed by atoms with van der Waals surface area (Å²) in [6.07, 6.45) is -0.232. The van der Waals surface area contributed by atoms with E-state index in [4.69, 9.17) is 9.79 Å². The van der Waals surface area contributed by atoms with E-state index in [-0.39, 0.29) is 30.7 Å². The first-order valence-corrected chi connectivity index (χ1v) is 7.54. The van der Waals surface area contributed by atoms with Gasteiger partial charge in [-0.2, -0.15) is 0 Å². The van der Waals surface area contributed by atoms with E-state index in [1.54, 1.807) is 24.3 Å². The fraction of sp³-hybridized carbons (Fsp3) is 0.333. The first-order valence-electron chi connectivity index (χ1n) is 5.74. The maximum absolute atomic E-state index is 11.6. The third-order valence-corrected chi connectivity index (χ3v) is 3.33. The average Bonchev–Trinajstić information content (AvgIpc) is 2.27. The smallest absolute Gasteiger partial charge is 0.325 e. The third kappa shape index (κ3) is 5.79. The molecule has 0 atom stereocenters. The maximum atomic E-state index is 11.6. The number of carbonyl (C=O) groups is 2. The molecule has 6 nitrogen and oxygen atoms in total. The molecule has 7 heteroatoms. The molecule has 3 N–H and O–H groups in total. The molecule has 0 bridgehead atoms. The molecule has 1 amide bonds. The number of anilines is 1. The van der Waals surface area contributed by atoms with E-state index in [0.717, 1.165) is 0 Å². The van der Waals surface area contributed by atoms with Gasteiger partial charge in [0.2, 0.25) is 5.91 Å². The highest BCUT2D eigenvalue weighted by molar-refractivity contribution is 7.51. The standard InChI is InChI=1S/C12H16NO5P/c1-9(14)10-5-2-3-6-11(10)13-12(15)7-4-8-19(16,17)18/h2-3,5-6H,4,7-8H2,1H3,(H,13,15)(H2,16,17,18). The topological polar surface area (TPSA) is 104 Å². The summed E-state index contributed by atoms with van der Waals surface area (Å²) >= 11 is 0. The van der Waals surface area contributed by atoms with Crippen molar-refractivity contribution in [1.82, 2.24) is 0 Å². The van der Waals surface area contributed by atoms with Crippen molar-refractivity contribution in [1.29, 1.82) is 0 Å². The number of benzene rings is 1. The molecule has 0 heterocycles. The average molecular weight is 285 g/mol. The largest absolute Gasteiger partial charge is 0.325 e. The SMILES string of the molecule is CC(=O)c1ccccc1NC(=O)CCCP(=O)(O)O. The molecule has 0 aliphatic carbocycles. The van der Waals surface area contributed by atoms with Crippen LogP contribution in [0, 0.1) is 0 Å². The van der Waals surface area contributed by atoms with Gasteiger partial charge in [-0.15, -0.1) is 0 Å². The van der Waals surface area contributed by atoms with Gasteiger partial charge in [0.1, 0.15) is 0 Å². The second-order valence-corrected chi connectivity index (χ2v) is 5.92. The van der Waals surface area contributed by atoms with Gasteiger partial charge in [-0.1, -0.05) is 12.1 Å². The van der Waals surface area contributed by atoms with Crippen LogP contribution < -0.4 is 5.32 Å². The van der Waals surface area contributed by atoms with E-state index < -0.39 is 7.60 Å². The van der Waals surface area contributed by atoms with Crippen LogP contribution in [0.15, 0.2) is 24.3 Å². The lowest BCUT2D eigenvalue weighted by atomic mass is 10.1. The Labute approximate surface area is 111 Å². The molecular weight excluding hydrogens is 269 g/mol. The normalized spacial score (nSPS) is 11.1. The van der Waals surface area contributed by atoms with Crippen LogP contribution >= 0.6 is 7.60 Å². The van der Waals surface area contributed by atoms with Gasteiger partial charge < -0.3 is 15.1 Å². The van der Waals surface area contributed by atoms with Crippen molar-refractivity contribution in [3.8, 4) is 0 Å². The number of hydrogen-bond donors (Lipinski definition) is 3. The Hall–Kier alpha value is -1.49. The van der Waals surface area contributed by atoms with Crippen molar-refractivity contribution in [3.05, 3.63) is 29.8 Å². The van der Waals surface area contributed by atoms with Crippen molar-refractivity contribution in [2.45, 2.75) is 19.8 Å². The second-order valence-electron chi connectivity index (χ2n) is 4.14. The first kappa shape index (κ1) is 15.6. The Morgan fingerprint density at radius 3 is 2.47 bits per heavy atom. The van der Waals surface area contributed by atoms with Crippen LogP contribution in [0.5, 0.6) is 0 Å². The number of ketones is 1. The predicted molar refractivity (Wildman–Crippen MR) is 71.2 cm³/mol. The molecule has 1 rings (SSSR count). The van der Waals surface area contributed by atoms with Gasteiger partial charge in [0, 0.05) is 12.0 Å². The molecule has 0 spiro atoms. The van der Waals surface area contributed by atoms with E-state index in [1.165, 1.54) is 6.92 Å². The zero-order valence-corrected chi connectivity index (χ0v) is 11.4. The lowest BCUT2D eigenvalue weighted by Gasteiger charge is -2.09. The summed E-state index contributed by atoms with van der Waals surface area (Å²) in [4.78, 5) is 40.3. The molecule has 0 radical (unpaired) electrons. The molecule has 0 fully saturated rings. The molecule has 0 aromatic heterocycles. The highest BCUT2D eigenvalue weighted by Gasteiger charge is 2.14. The van der Waals surface area contributed by atoms with Gasteiger partial charge in [0.25, 0.3) is 0 Å². The molecule has 19 heavy (non-hydrogen) atoms. The highest BCUT2D eigenvalue weighted by Crippen LogP contribution is 2.35. The molecule has 1 aromatic carbocycles. The molecule has 0 saturated heterocycles. The fourth-order valence-electron chi connectivity index (χ4n) is 1.56. The Morgan fingerprint density at radius 1 is 1.26 bits per heavy atom. The van der Waals surface area contributed by atoms with Crippen molar-refractivity contribution in [3.63, 3.8) is 0 Å². The van der Waals surface area contributed by atoms with Crippen LogP contribution in [0.4, 0.5) is 5.69 Å². The van der Waals surface area contributed by atoms with Crippen LogP contribution in [-0.4, -0.2) is 27.6 Å². The van der Waals surface area contributed by atoms with Crippen LogP contribution in [0.1, 0.15) is 30.1 Å². The van der Waals surface area contributed by atoms with E-state index >= 15 is 0 Å². The number of amides is 1. The van der Waals surface area contributed by atoms with Gasteiger partial charge in [0.05, 0.1) is 11.8 Å². The van der Waals surface area contributed by atoms with E-state index in [9.17, 15) is 14.2 Å². The van der Waals surface area contributed by atoms with Gasteiger partial charge in [-0.05, 0) is 25.5 Å². The van der Waals surface area contributed by atoms with E-state index in [0.29, 0.717) is 11.3 Å². The summed E-state index contributed by atoms with van der Waals surface area (Å²) in [5, 5.41) is 2.57. The number of para-hydroxylation sites is 1. The van der Waals surface area contributed by atoms with Crippen molar-refractivity contribution in [2.24, 2.45) is 0 Å². The minimum absolute atomic E-state index is 0.00263. The van der Waals surface area contributed by atoms with Crippen LogP contribution in [0.25, 0.3) is 0 Å². The van der Waals surface area contributed by atoms with Gasteiger partial charge in [-0.25, -0.2) is 0 Å². The summed E-state index contributed by atoms with van der Waals surface area (Å²) in [5.41, 5.74) is 0.821. The lowest BCUT2D eigenvalue weighted by Crippen LogP contribution is -2.14. The minimum atomic E-state index is -4.06. The predicted octanol–water partition coefficient (Wildman–Crippen LogP) is 1.79. The second kappa shape index (κ2) is 6.61. The number of Topliss-reactive ketones (excluding diaryl/α,β-unsaturated/α-hetero) is 1. The van der Waals surface area contributed by atoms with Gasteiger partial charge in [0.15, 0.2) is 5.78 Å². The van der Waals surface area contributed by atoms with E-state index in [1.807, 2.05) is 0 Å². The third-order valence-electron chi connectivity index (χ3n) is 2.43. The van der Waals surface area contributed by atoms with Crippen molar-refractivity contribution < 1.29 is 23.9 Å². The summed E-state index contributed by atoms with van der Waals surface area (Å²) in [7, 11) is -4.06. The molecule has 0 aliphatic heterocycles. The Bertz CT molecular complexity index is 523. The Morgan fingerprint density at radius 2 is 1.89 bits per heavy atom. The number of nitrogens with one attached hydrogen (secondary N) is 1. The minimum Gasteiger partial charge on any atom is -0.325 e. The number of carbonyl (C=O) groups excluding carboxylic acids is 2. The molecule has 0 saturated carbocycles. The molecule has 0 aliphatic rings. The summed E-state index contributed by atoms with van der Waals surface area (Å²) in [6.45, 7) is 1.40. The van der Waals surface area contributed by atoms with Crippen LogP contribution in [0.3, 0.4) is 0 Å². The quantitative estimate of drug-likeness (QED) is 0.546. The molecule has 104 valence electrons. The van der Waals surface area contributed by atoms with Gasteiger partial charge >= 0.3 is 7.60 Å². The zero-order chi connectivity index (χ0) is 14.5. The first-order chi connectivity index (χ1) is 8.79. The van der Waals surface area contributed by atoms with Crippen molar-refractivity contribution in [2.75, 3.05) is 11.5 Å². The van der Waals surface area contributed by atoms with Crippen molar-refractivity contribution >= 4 is 25.0 Å². The fourth-order valence-corrected chi connectivity index (χ4v) is 2.13.